The summed E-state index contributed by atoms with van der Waals surface area (Å²) in [6, 6.07) is 6.73. The average molecular weight is 279 g/mol. The number of hydrogen-bond donors (Lipinski definition) is 1. The van der Waals surface area contributed by atoms with Crippen LogP contribution in [0.15, 0.2) is 18.2 Å². The molecule has 0 atom stereocenters. The molecule has 0 heterocycles. The van der Waals surface area contributed by atoms with E-state index in [2.05, 4.69) is 11.4 Å². The third-order valence-electron chi connectivity index (χ3n) is 3.32. The average Bonchev–Trinajstić information content (AvgIpc) is 3.29. The highest BCUT2D eigenvalue weighted by atomic mass is 16.5. The molecule has 112 valence electrons. The van der Waals surface area contributed by atoms with Gasteiger partial charge in [0.2, 0.25) is 0 Å². The van der Waals surface area contributed by atoms with Gasteiger partial charge >= 0.3 is 0 Å². The third kappa shape index (κ3) is 4.69. The number of methoxy groups -OCH3 is 1. The lowest BCUT2D eigenvalue weighted by Crippen LogP contribution is -2.16. The highest BCUT2D eigenvalue weighted by molar-refractivity contribution is 5.46. The van der Waals surface area contributed by atoms with Crippen molar-refractivity contribution in [1.29, 1.82) is 0 Å². The van der Waals surface area contributed by atoms with Gasteiger partial charge in [-0.2, -0.15) is 0 Å². The Hall–Kier alpha value is -1.26. The lowest BCUT2D eigenvalue weighted by Gasteiger charge is -2.15. The zero-order valence-electron chi connectivity index (χ0n) is 12.5. The van der Waals surface area contributed by atoms with Crippen molar-refractivity contribution in [3.63, 3.8) is 0 Å². The van der Waals surface area contributed by atoms with Crippen LogP contribution in [0, 0.1) is 0 Å². The summed E-state index contributed by atoms with van der Waals surface area (Å²) < 4.78 is 16.6. The smallest absolute Gasteiger partial charge is 0.165 e. The van der Waals surface area contributed by atoms with Crippen molar-refractivity contribution in [1.82, 2.24) is 5.32 Å². The summed E-state index contributed by atoms with van der Waals surface area (Å²) in [5, 5.41) is 3.52. The van der Waals surface area contributed by atoms with Gasteiger partial charge in [-0.3, -0.25) is 0 Å². The number of para-hydroxylation sites is 1. The molecule has 1 fully saturated rings. The summed E-state index contributed by atoms with van der Waals surface area (Å²) in [6.07, 6.45) is 3.46. The molecule has 0 aliphatic heterocycles. The van der Waals surface area contributed by atoms with Gasteiger partial charge in [-0.05, 0) is 25.8 Å². The fourth-order valence-corrected chi connectivity index (χ4v) is 2.05. The molecule has 0 radical (unpaired) electrons. The van der Waals surface area contributed by atoms with Crippen molar-refractivity contribution in [2.24, 2.45) is 0 Å². The molecule has 0 amide bonds. The molecule has 1 aliphatic carbocycles. The van der Waals surface area contributed by atoms with Gasteiger partial charge in [-0.1, -0.05) is 12.1 Å². The predicted octanol–water partition coefficient (Wildman–Crippen LogP) is 2.75. The van der Waals surface area contributed by atoms with E-state index in [-0.39, 0.29) is 0 Å². The Bertz CT molecular complexity index is 405. The molecule has 0 aromatic heterocycles. The molecular formula is C16H25NO3. The monoisotopic (exact) mass is 279 g/mol. The first kappa shape index (κ1) is 15.1. The summed E-state index contributed by atoms with van der Waals surface area (Å²) in [5.74, 6) is 1.66. The lowest BCUT2D eigenvalue weighted by molar-refractivity contribution is 0.130. The molecule has 0 bridgehead atoms. The number of hydrogen-bond acceptors (Lipinski definition) is 4. The Morgan fingerprint density at radius 1 is 1.25 bits per heavy atom. The highest BCUT2D eigenvalue weighted by Crippen LogP contribution is 2.32. The lowest BCUT2D eigenvalue weighted by atomic mass is 10.2. The zero-order valence-corrected chi connectivity index (χ0v) is 12.5. The molecule has 1 saturated carbocycles. The number of benzene rings is 1. The Labute approximate surface area is 121 Å². The fraction of sp³-hybridized carbons (Fsp3) is 0.625. The summed E-state index contributed by atoms with van der Waals surface area (Å²) in [6.45, 7) is 4.98. The SMILES string of the molecule is CCOCCCOc1c(CNC2CC2)cccc1OC. The van der Waals surface area contributed by atoms with Crippen molar-refractivity contribution < 1.29 is 14.2 Å². The van der Waals surface area contributed by atoms with E-state index in [1.54, 1.807) is 7.11 Å². The second kappa shape index (κ2) is 8.12. The van der Waals surface area contributed by atoms with Crippen LogP contribution in [0.5, 0.6) is 11.5 Å². The van der Waals surface area contributed by atoms with Crippen molar-refractivity contribution in [3.8, 4) is 11.5 Å². The van der Waals surface area contributed by atoms with E-state index in [1.165, 1.54) is 12.8 Å². The molecule has 1 aromatic carbocycles. The Morgan fingerprint density at radius 2 is 2.10 bits per heavy atom. The maximum absolute atomic E-state index is 5.91. The van der Waals surface area contributed by atoms with Crippen molar-refractivity contribution in [3.05, 3.63) is 23.8 Å². The van der Waals surface area contributed by atoms with E-state index in [0.717, 1.165) is 43.2 Å². The second-order valence-electron chi connectivity index (χ2n) is 5.00. The van der Waals surface area contributed by atoms with Gasteiger partial charge in [-0.15, -0.1) is 0 Å². The van der Waals surface area contributed by atoms with Crippen LogP contribution in [0.1, 0.15) is 31.7 Å². The van der Waals surface area contributed by atoms with Crippen LogP contribution in [-0.2, 0) is 11.3 Å². The van der Waals surface area contributed by atoms with Crippen LogP contribution in [0.3, 0.4) is 0 Å². The topological polar surface area (TPSA) is 39.7 Å². The van der Waals surface area contributed by atoms with Crippen LogP contribution in [0.2, 0.25) is 0 Å². The van der Waals surface area contributed by atoms with Gasteiger partial charge in [0.25, 0.3) is 0 Å². The maximum Gasteiger partial charge on any atom is 0.165 e. The molecule has 2 rings (SSSR count). The van der Waals surface area contributed by atoms with Gasteiger partial charge < -0.3 is 19.5 Å². The molecule has 4 heteroatoms. The van der Waals surface area contributed by atoms with E-state index in [1.807, 2.05) is 19.1 Å². The fourth-order valence-electron chi connectivity index (χ4n) is 2.05. The Balaban J connectivity index is 1.91. The number of ether oxygens (including phenoxy) is 3. The minimum atomic E-state index is 0.650. The van der Waals surface area contributed by atoms with Crippen LogP contribution in [-0.4, -0.2) is 33.0 Å². The van der Waals surface area contributed by atoms with Crippen LogP contribution in [0.4, 0.5) is 0 Å². The minimum absolute atomic E-state index is 0.650. The first-order valence-corrected chi connectivity index (χ1v) is 7.45. The molecule has 0 spiro atoms. The van der Waals surface area contributed by atoms with E-state index in [4.69, 9.17) is 14.2 Å². The summed E-state index contributed by atoms with van der Waals surface area (Å²) >= 11 is 0. The maximum atomic E-state index is 5.91. The molecule has 1 N–H and O–H groups in total. The van der Waals surface area contributed by atoms with Crippen LogP contribution >= 0.6 is 0 Å². The van der Waals surface area contributed by atoms with Gasteiger partial charge in [0.05, 0.1) is 13.7 Å². The van der Waals surface area contributed by atoms with Crippen LogP contribution in [0.25, 0.3) is 0 Å². The van der Waals surface area contributed by atoms with E-state index >= 15 is 0 Å². The molecule has 1 aromatic rings. The molecule has 4 nitrogen and oxygen atoms in total. The minimum Gasteiger partial charge on any atom is -0.493 e. The van der Waals surface area contributed by atoms with E-state index in [9.17, 15) is 0 Å². The highest BCUT2D eigenvalue weighted by Gasteiger charge is 2.21. The predicted molar refractivity (Wildman–Crippen MR) is 79.5 cm³/mol. The van der Waals surface area contributed by atoms with Crippen molar-refractivity contribution >= 4 is 0 Å². The Morgan fingerprint density at radius 3 is 2.80 bits per heavy atom. The standard InChI is InChI=1S/C16H25NO3/c1-3-19-10-5-11-20-16-13(12-17-14-8-9-14)6-4-7-15(16)18-2/h4,6-7,14,17H,3,5,8-12H2,1-2H3. The van der Waals surface area contributed by atoms with Gasteiger partial charge in [-0.25, -0.2) is 0 Å². The molecule has 20 heavy (non-hydrogen) atoms. The van der Waals surface area contributed by atoms with Crippen LogP contribution < -0.4 is 14.8 Å². The Kier molecular flexibility index (Phi) is 6.15. The van der Waals surface area contributed by atoms with E-state index in [0.29, 0.717) is 12.6 Å². The first-order valence-electron chi connectivity index (χ1n) is 7.45. The molecular weight excluding hydrogens is 254 g/mol. The summed E-state index contributed by atoms with van der Waals surface area (Å²) in [5.41, 5.74) is 1.16. The van der Waals surface area contributed by atoms with E-state index < -0.39 is 0 Å². The largest absolute Gasteiger partial charge is 0.493 e. The molecule has 0 unspecified atom stereocenters. The number of nitrogens with one attached hydrogen (secondary N) is 1. The quantitative estimate of drug-likeness (QED) is 0.669. The van der Waals surface area contributed by atoms with Crippen molar-refractivity contribution in [2.75, 3.05) is 26.9 Å². The van der Waals surface area contributed by atoms with Gasteiger partial charge in [0, 0.05) is 37.8 Å². The second-order valence-corrected chi connectivity index (χ2v) is 5.00. The van der Waals surface area contributed by atoms with Gasteiger partial charge in [0.1, 0.15) is 0 Å². The van der Waals surface area contributed by atoms with Gasteiger partial charge in [0.15, 0.2) is 11.5 Å². The normalized spacial score (nSPS) is 14.3. The first-order chi connectivity index (χ1) is 9.85. The zero-order chi connectivity index (χ0) is 14.2. The number of rotatable bonds is 10. The molecule has 1 aliphatic rings. The van der Waals surface area contributed by atoms with Crippen molar-refractivity contribution in [2.45, 2.75) is 38.8 Å². The summed E-state index contributed by atoms with van der Waals surface area (Å²) in [4.78, 5) is 0. The third-order valence-corrected chi connectivity index (χ3v) is 3.32. The molecule has 0 saturated heterocycles. The summed E-state index contributed by atoms with van der Waals surface area (Å²) in [7, 11) is 1.68.